The van der Waals surface area contributed by atoms with Crippen molar-refractivity contribution in [2.45, 2.75) is 167 Å². The average molecular weight is 877 g/mol. The van der Waals surface area contributed by atoms with Crippen LogP contribution in [-0.2, 0) is 38.1 Å². The van der Waals surface area contributed by atoms with E-state index >= 15 is 0 Å². The molecule has 4 aliphatic rings. The average Bonchev–Trinajstić information content (AvgIpc) is 3.28. The largest absolute Gasteiger partial charge is 0.489 e. The number of rotatable bonds is 10. The lowest BCUT2D eigenvalue weighted by Crippen LogP contribution is -2.64. The van der Waals surface area contributed by atoms with E-state index in [1.807, 2.05) is 64.1 Å². The van der Waals surface area contributed by atoms with Gasteiger partial charge < -0.3 is 39.0 Å². The molecule has 12 heteroatoms. The number of ether oxygens (including phenoxy) is 5. The summed E-state index contributed by atoms with van der Waals surface area (Å²) < 4.78 is 31.2. The Balaban J connectivity index is 1.49. The zero-order valence-electron chi connectivity index (χ0n) is 39.2. The third kappa shape index (κ3) is 12.8. The predicted octanol–water partition coefficient (Wildman–Crippen LogP) is 7.72. The van der Waals surface area contributed by atoms with Gasteiger partial charge in [0.25, 0.3) is 11.7 Å². The number of carbonyl (C=O) groups excluding carboxylic acids is 4. The van der Waals surface area contributed by atoms with Gasteiger partial charge in [-0.25, -0.2) is 4.79 Å². The summed E-state index contributed by atoms with van der Waals surface area (Å²) in [6, 6.07) is 8.90. The maximum absolute atomic E-state index is 14.5. The van der Waals surface area contributed by atoms with Crippen molar-refractivity contribution < 1.29 is 48.0 Å². The van der Waals surface area contributed by atoms with Gasteiger partial charge in [0, 0.05) is 51.6 Å². The highest BCUT2D eigenvalue weighted by Crippen LogP contribution is 2.39. The maximum atomic E-state index is 14.5. The first-order chi connectivity index (χ1) is 30.1. The molecular weight excluding hydrogens is 801 g/mol. The number of esters is 1. The summed E-state index contributed by atoms with van der Waals surface area (Å²) in [5, 5.41) is 15.7. The van der Waals surface area contributed by atoms with E-state index in [2.05, 4.69) is 31.0 Å². The third-order valence-electron chi connectivity index (χ3n) is 14.0. The van der Waals surface area contributed by atoms with Gasteiger partial charge in [0.05, 0.1) is 12.2 Å². The van der Waals surface area contributed by atoms with Gasteiger partial charge in [-0.2, -0.15) is 0 Å². The number of piperidine rings is 1. The van der Waals surface area contributed by atoms with Crippen LogP contribution < -0.4 is 10.1 Å². The van der Waals surface area contributed by atoms with Crippen LogP contribution in [0.5, 0.6) is 5.75 Å². The molecule has 0 spiro atoms. The summed E-state index contributed by atoms with van der Waals surface area (Å²) in [4.78, 5) is 58.4. The number of nitrogens with zero attached hydrogens (tertiary/aromatic N) is 1. The number of para-hydroxylation sites is 1. The molecule has 3 fully saturated rings. The fraction of sp³-hybridized carbons (Fsp3) is 0.686. The van der Waals surface area contributed by atoms with E-state index in [9.17, 15) is 24.3 Å². The number of ketones is 2. The lowest BCUT2D eigenvalue weighted by Gasteiger charge is -2.47. The fourth-order valence-electron chi connectivity index (χ4n) is 10.4. The summed E-state index contributed by atoms with van der Waals surface area (Å²) in [6.45, 7) is 16.5. The Labute approximate surface area is 376 Å². The van der Waals surface area contributed by atoms with E-state index in [0.29, 0.717) is 57.9 Å². The van der Waals surface area contributed by atoms with E-state index in [-0.39, 0.29) is 54.6 Å². The first-order valence-corrected chi connectivity index (χ1v) is 23.6. The number of fused-ring (bicyclic) bond motifs is 3. The summed E-state index contributed by atoms with van der Waals surface area (Å²) >= 11 is 0. The molecule has 1 aliphatic carbocycles. The number of nitrogens with one attached hydrogen (secondary N) is 1. The predicted molar refractivity (Wildman–Crippen MR) is 243 cm³/mol. The molecule has 12 nitrogen and oxygen atoms in total. The summed E-state index contributed by atoms with van der Waals surface area (Å²) in [5.41, 5.74) is 1.95. The van der Waals surface area contributed by atoms with Crippen LogP contribution in [-0.4, -0.2) is 109 Å². The Morgan fingerprint density at radius 2 is 1.68 bits per heavy atom. The molecule has 3 aliphatic heterocycles. The quantitative estimate of drug-likeness (QED) is 0.135. The van der Waals surface area contributed by atoms with E-state index < -0.39 is 59.8 Å². The van der Waals surface area contributed by atoms with E-state index in [1.54, 1.807) is 21.1 Å². The molecular formula is C51H76N2O10. The SMILES string of the molecule is C=CCNC1CCC(C=C(C)C2OC(=O)C3CCCCN3C(=O)C(=O)C3(O)OC(C(OC)CC(C)CC(C)=CC(CC)C(=O)CCC2C)C(OC)CC3C)CC1Oc1ccccc1. The molecule has 63 heavy (non-hydrogen) atoms. The number of allylic oxidation sites excluding steroid dienone is 3. The smallest absolute Gasteiger partial charge is 0.329 e. The molecule has 2 bridgehead atoms. The monoisotopic (exact) mass is 877 g/mol. The van der Waals surface area contributed by atoms with Crippen molar-refractivity contribution in [3.63, 3.8) is 0 Å². The van der Waals surface area contributed by atoms with Crippen molar-refractivity contribution in [1.82, 2.24) is 10.2 Å². The maximum Gasteiger partial charge on any atom is 0.329 e. The van der Waals surface area contributed by atoms with E-state index in [4.69, 9.17) is 23.7 Å². The molecule has 5 rings (SSSR count). The van der Waals surface area contributed by atoms with Crippen LogP contribution in [0, 0.1) is 29.6 Å². The third-order valence-corrected chi connectivity index (χ3v) is 14.0. The number of methoxy groups -OCH3 is 2. The normalized spacial score (nSPS) is 36.0. The summed E-state index contributed by atoms with van der Waals surface area (Å²) in [7, 11) is 3.12. The topological polar surface area (TPSA) is 150 Å². The van der Waals surface area contributed by atoms with Crippen molar-refractivity contribution in [2.75, 3.05) is 27.3 Å². The first kappa shape index (κ1) is 50.3. The Morgan fingerprint density at radius 3 is 2.37 bits per heavy atom. The molecule has 350 valence electrons. The van der Waals surface area contributed by atoms with Gasteiger partial charge in [-0.1, -0.05) is 69.7 Å². The molecule has 13 atom stereocenters. The second-order valence-corrected chi connectivity index (χ2v) is 19.0. The van der Waals surface area contributed by atoms with Crippen molar-refractivity contribution in [2.24, 2.45) is 29.6 Å². The Hall–Kier alpha value is -3.68. The van der Waals surface area contributed by atoms with Crippen molar-refractivity contribution in [1.29, 1.82) is 0 Å². The minimum Gasteiger partial charge on any atom is -0.489 e. The number of hydrogen-bond acceptors (Lipinski definition) is 11. The Bertz CT molecular complexity index is 1760. The number of aliphatic hydroxyl groups is 1. The van der Waals surface area contributed by atoms with Crippen LogP contribution in [0.15, 0.2) is 66.3 Å². The molecule has 0 aromatic heterocycles. The molecule has 2 saturated heterocycles. The summed E-state index contributed by atoms with van der Waals surface area (Å²) in [5.74, 6) is -5.30. The highest BCUT2D eigenvalue weighted by atomic mass is 16.7. The number of carbonyl (C=O) groups is 4. The molecule has 1 aromatic carbocycles. The second kappa shape index (κ2) is 23.5. The first-order valence-electron chi connectivity index (χ1n) is 23.6. The highest BCUT2D eigenvalue weighted by Gasteiger charge is 2.56. The van der Waals surface area contributed by atoms with Crippen LogP contribution in [0.2, 0.25) is 0 Å². The van der Waals surface area contributed by atoms with Gasteiger partial charge in [-0.15, -0.1) is 6.58 Å². The molecule has 3 heterocycles. The van der Waals surface area contributed by atoms with Crippen molar-refractivity contribution >= 4 is 23.4 Å². The molecule has 2 N–H and O–H groups in total. The van der Waals surface area contributed by atoms with E-state index in [0.717, 1.165) is 36.2 Å². The number of benzene rings is 1. The number of Topliss-reactive ketones (excluding diaryl/α,β-unsaturated/α-hetero) is 2. The standard InChI is InChI=1S/C51H76N2O10/c1-10-24-52-40-22-21-37(31-43(40)61-39-17-13-12-14-18-39)29-35(6)46-34(5)20-23-42(54)38(11-2)27-32(3)26-33(4)28-44(59-8)47-45(60-9)30-36(7)51(58,63-47)48(55)49(56)53-25-16-15-19-41(53)50(57)62-46/h10,12-14,17-18,27,29,33-34,36-38,40-41,43-47,52,58H,1,11,15-16,19-26,28,30-31H2,2-9H3. The molecule has 1 amide bonds. The number of hydrogen-bond donors (Lipinski definition) is 2. The molecule has 1 aromatic rings. The van der Waals surface area contributed by atoms with Crippen molar-refractivity contribution in [3.8, 4) is 5.75 Å². The fourth-order valence-corrected chi connectivity index (χ4v) is 10.4. The van der Waals surface area contributed by atoms with E-state index in [1.165, 1.54) is 4.90 Å². The van der Waals surface area contributed by atoms with Crippen LogP contribution in [0.3, 0.4) is 0 Å². The Morgan fingerprint density at radius 1 is 0.968 bits per heavy atom. The van der Waals surface area contributed by atoms with Crippen LogP contribution in [0.4, 0.5) is 0 Å². The van der Waals surface area contributed by atoms with Crippen LogP contribution in [0.25, 0.3) is 0 Å². The van der Waals surface area contributed by atoms with Crippen LogP contribution in [0.1, 0.15) is 119 Å². The zero-order valence-corrected chi connectivity index (χ0v) is 39.2. The highest BCUT2D eigenvalue weighted by molar-refractivity contribution is 6.39. The zero-order chi connectivity index (χ0) is 45.8. The van der Waals surface area contributed by atoms with Gasteiger partial charge in [0.15, 0.2) is 0 Å². The van der Waals surface area contributed by atoms with Crippen molar-refractivity contribution in [3.05, 3.63) is 66.3 Å². The second-order valence-electron chi connectivity index (χ2n) is 19.0. The van der Waals surface area contributed by atoms with Gasteiger partial charge in [0.2, 0.25) is 5.79 Å². The number of amides is 1. The summed E-state index contributed by atoms with van der Waals surface area (Å²) in [6.07, 6.45) is 10.4. The van der Waals surface area contributed by atoms with Crippen LogP contribution >= 0.6 is 0 Å². The van der Waals surface area contributed by atoms with Gasteiger partial charge in [-0.3, -0.25) is 14.4 Å². The van der Waals surface area contributed by atoms with Gasteiger partial charge in [-0.05, 0) is 120 Å². The van der Waals surface area contributed by atoms with Gasteiger partial charge in [0.1, 0.15) is 35.9 Å². The molecule has 13 unspecified atom stereocenters. The number of cyclic esters (lactones) is 1. The minimum atomic E-state index is -2.47. The van der Waals surface area contributed by atoms with Gasteiger partial charge >= 0.3 is 5.97 Å². The minimum absolute atomic E-state index is 0.0882. The molecule has 1 saturated carbocycles. The lowest BCUT2D eigenvalue weighted by atomic mass is 9.81. The molecule has 0 radical (unpaired) electrons. The lowest BCUT2D eigenvalue weighted by molar-refractivity contribution is -0.302. The Kier molecular flexibility index (Phi) is 18.8.